The third kappa shape index (κ3) is 2.41. The van der Waals surface area contributed by atoms with Gasteiger partial charge in [-0.1, -0.05) is 0 Å². The van der Waals surface area contributed by atoms with E-state index < -0.39 is 5.97 Å². The van der Waals surface area contributed by atoms with Crippen LogP contribution in [0.15, 0.2) is 0 Å². The number of likely N-dealkylation sites (tertiary alicyclic amines) is 1. The minimum Gasteiger partial charge on any atom is -0.481 e. The second kappa shape index (κ2) is 5.17. The van der Waals surface area contributed by atoms with Crippen LogP contribution in [0, 0.1) is 5.92 Å². The molecule has 0 spiro atoms. The first-order valence-corrected chi connectivity index (χ1v) is 7.44. The van der Waals surface area contributed by atoms with Gasteiger partial charge in [-0.15, -0.1) is 0 Å². The van der Waals surface area contributed by atoms with E-state index in [1.807, 2.05) is 0 Å². The molecule has 3 fully saturated rings. The van der Waals surface area contributed by atoms with Crippen molar-refractivity contribution in [3.8, 4) is 0 Å². The van der Waals surface area contributed by atoms with Gasteiger partial charge < -0.3 is 5.11 Å². The second-order valence-electron chi connectivity index (χ2n) is 6.18. The number of aliphatic carboxylic acids is 1. The zero-order chi connectivity index (χ0) is 12.5. The molecule has 0 radical (unpaired) electrons. The van der Waals surface area contributed by atoms with Gasteiger partial charge in [-0.3, -0.25) is 14.6 Å². The van der Waals surface area contributed by atoms with Crippen LogP contribution in [0.1, 0.15) is 38.5 Å². The van der Waals surface area contributed by atoms with Crippen LogP contribution in [0.25, 0.3) is 0 Å². The number of carboxylic acid groups (broad SMARTS) is 1. The minimum absolute atomic E-state index is 0.346. The summed E-state index contributed by atoms with van der Waals surface area (Å²) in [6.07, 6.45) is 6.50. The van der Waals surface area contributed by atoms with E-state index in [2.05, 4.69) is 9.80 Å². The van der Waals surface area contributed by atoms with Crippen molar-refractivity contribution in [3.05, 3.63) is 0 Å². The lowest BCUT2D eigenvalue weighted by Gasteiger charge is -2.29. The summed E-state index contributed by atoms with van der Waals surface area (Å²) in [5.41, 5.74) is 0. The van der Waals surface area contributed by atoms with Crippen LogP contribution in [0.3, 0.4) is 0 Å². The van der Waals surface area contributed by atoms with Gasteiger partial charge in [0.2, 0.25) is 0 Å². The highest BCUT2D eigenvalue weighted by Crippen LogP contribution is 2.34. The number of hydrogen-bond acceptors (Lipinski definition) is 3. The number of rotatable bonds is 4. The first-order valence-electron chi connectivity index (χ1n) is 7.44. The Morgan fingerprint density at radius 3 is 2.67 bits per heavy atom. The molecule has 0 aliphatic carbocycles. The summed E-state index contributed by atoms with van der Waals surface area (Å²) in [6, 6.07) is 1.57. The normalized spacial score (nSPS) is 37.2. The largest absolute Gasteiger partial charge is 0.481 e. The Morgan fingerprint density at radius 2 is 1.83 bits per heavy atom. The summed E-state index contributed by atoms with van der Waals surface area (Å²) in [4.78, 5) is 15.9. The molecule has 0 bridgehead atoms. The third-order valence-corrected chi connectivity index (χ3v) is 5.12. The number of carbonyl (C=O) groups is 1. The molecule has 3 aliphatic heterocycles. The average Bonchev–Trinajstić information content (AvgIpc) is 3.01. The Balaban J connectivity index is 1.51. The lowest BCUT2D eigenvalue weighted by molar-refractivity contribution is -0.137. The average molecular weight is 252 g/mol. The molecule has 102 valence electrons. The SMILES string of the molecule is O=C(O)CCC1CCN(C2CCN3CCCC23)C1. The van der Waals surface area contributed by atoms with Gasteiger partial charge in [0.15, 0.2) is 0 Å². The van der Waals surface area contributed by atoms with Crippen LogP contribution >= 0.6 is 0 Å². The summed E-state index contributed by atoms with van der Waals surface area (Å²) in [6.45, 7) is 4.92. The zero-order valence-electron chi connectivity index (χ0n) is 11.1. The minimum atomic E-state index is -0.642. The molecule has 0 amide bonds. The highest BCUT2D eigenvalue weighted by molar-refractivity contribution is 5.66. The van der Waals surface area contributed by atoms with Crippen molar-refractivity contribution in [2.45, 2.75) is 50.6 Å². The van der Waals surface area contributed by atoms with Gasteiger partial charge in [0.25, 0.3) is 0 Å². The monoisotopic (exact) mass is 252 g/mol. The van der Waals surface area contributed by atoms with Gasteiger partial charge in [0.1, 0.15) is 0 Å². The maximum atomic E-state index is 10.6. The Labute approximate surface area is 109 Å². The second-order valence-corrected chi connectivity index (χ2v) is 6.18. The summed E-state index contributed by atoms with van der Waals surface area (Å²) in [5.74, 6) is -0.0205. The van der Waals surface area contributed by atoms with Crippen LogP contribution < -0.4 is 0 Å². The van der Waals surface area contributed by atoms with Crippen molar-refractivity contribution in [2.75, 3.05) is 26.2 Å². The molecule has 4 nitrogen and oxygen atoms in total. The van der Waals surface area contributed by atoms with Gasteiger partial charge >= 0.3 is 5.97 Å². The van der Waals surface area contributed by atoms with Crippen molar-refractivity contribution >= 4 is 5.97 Å². The first kappa shape index (κ1) is 12.4. The van der Waals surface area contributed by atoms with E-state index in [4.69, 9.17) is 5.11 Å². The van der Waals surface area contributed by atoms with E-state index in [0.29, 0.717) is 12.3 Å². The summed E-state index contributed by atoms with van der Waals surface area (Å²) >= 11 is 0. The van der Waals surface area contributed by atoms with E-state index in [1.165, 1.54) is 45.3 Å². The van der Waals surface area contributed by atoms with Crippen molar-refractivity contribution in [1.82, 2.24) is 9.80 Å². The lowest BCUT2D eigenvalue weighted by atomic mass is 10.0. The molecular formula is C14H24N2O2. The van der Waals surface area contributed by atoms with Gasteiger partial charge in [0, 0.05) is 31.6 Å². The fraction of sp³-hybridized carbons (Fsp3) is 0.929. The van der Waals surface area contributed by atoms with Gasteiger partial charge in [-0.05, 0) is 51.1 Å². The fourth-order valence-electron chi connectivity index (χ4n) is 4.21. The molecule has 3 heterocycles. The Bertz CT molecular complexity index is 321. The standard InChI is InChI=1S/C14H24N2O2/c17-14(18)4-3-11-5-8-16(10-11)13-6-9-15-7-1-2-12(13)15/h11-13H,1-10H2,(H,17,18). The number of nitrogens with zero attached hydrogens (tertiary/aromatic N) is 2. The molecule has 0 aromatic carbocycles. The zero-order valence-corrected chi connectivity index (χ0v) is 11.1. The third-order valence-electron chi connectivity index (χ3n) is 5.12. The molecule has 3 unspecified atom stereocenters. The molecule has 18 heavy (non-hydrogen) atoms. The van der Waals surface area contributed by atoms with E-state index in [-0.39, 0.29) is 0 Å². The number of fused-ring (bicyclic) bond motifs is 1. The molecule has 3 saturated heterocycles. The molecule has 3 aliphatic rings. The smallest absolute Gasteiger partial charge is 0.303 e. The van der Waals surface area contributed by atoms with Crippen LogP contribution in [-0.2, 0) is 4.79 Å². The molecule has 0 aromatic rings. The van der Waals surface area contributed by atoms with E-state index in [9.17, 15) is 4.79 Å². The topological polar surface area (TPSA) is 43.8 Å². The van der Waals surface area contributed by atoms with Gasteiger partial charge in [0.05, 0.1) is 0 Å². The molecule has 4 heteroatoms. The van der Waals surface area contributed by atoms with Crippen LogP contribution in [0.4, 0.5) is 0 Å². The molecule has 3 atom stereocenters. The molecule has 0 aromatic heterocycles. The number of hydrogen-bond donors (Lipinski definition) is 1. The predicted octanol–water partition coefficient (Wildman–Crippen LogP) is 1.41. The highest BCUT2D eigenvalue weighted by Gasteiger charge is 2.41. The van der Waals surface area contributed by atoms with Crippen LogP contribution in [0.5, 0.6) is 0 Å². The maximum Gasteiger partial charge on any atom is 0.303 e. The quantitative estimate of drug-likeness (QED) is 0.821. The van der Waals surface area contributed by atoms with Crippen molar-refractivity contribution in [2.24, 2.45) is 5.92 Å². The van der Waals surface area contributed by atoms with Gasteiger partial charge in [-0.25, -0.2) is 0 Å². The van der Waals surface area contributed by atoms with E-state index in [1.54, 1.807) is 0 Å². The Kier molecular flexibility index (Phi) is 3.57. The van der Waals surface area contributed by atoms with E-state index in [0.717, 1.165) is 25.0 Å². The van der Waals surface area contributed by atoms with Crippen molar-refractivity contribution < 1.29 is 9.90 Å². The van der Waals surface area contributed by atoms with E-state index >= 15 is 0 Å². The van der Waals surface area contributed by atoms with Crippen molar-refractivity contribution in [1.29, 1.82) is 0 Å². The lowest BCUT2D eigenvalue weighted by Crippen LogP contribution is -2.41. The summed E-state index contributed by atoms with van der Waals surface area (Å²) in [5, 5.41) is 8.75. The maximum absolute atomic E-state index is 10.6. The molecule has 0 saturated carbocycles. The molecule has 3 rings (SSSR count). The Morgan fingerprint density at radius 1 is 1.06 bits per heavy atom. The van der Waals surface area contributed by atoms with Gasteiger partial charge in [-0.2, -0.15) is 0 Å². The summed E-state index contributed by atoms with van der Waals surface area (Å²) < 4.78 is 0. The van der Waals surface area contributed by atoms with Crippen LogP contribution in [-0.4, -0.2) is 59.1 Å². The Hall–Kier alpha value is -0.610. The fourth-order valence-corrected chi connectivity index (χ4v) is 4.21. The van der Waals surface area contributed by atoms with Crippen LogP contribution in [0.2, 0.25) is 0 Å². The highest BCUT2D eigenvalue weighted by atomic mass is 16.4. The van der Waals surface area contributed by atoms with Crippen molar-refractivity contribution in [3.63, 3.8) is 0 Å². The molecule has 1 N–H and O–H groups in total. The first-order chi connectivity index (χ1) is 8.74. The number of carboxylic acids is 1. The summed E-state index contributed by atoms with van der Waals surface area (Å²) in [7, 11) is 0. The predicted molar refractivity (Wildman–Crippen MR) is 69.5 cm³/mol. The molecular weight excluding hydrogens is 228 g/mol.